The van der Waals surface area contributed by atoms with Crippen LogP contribution in [0.1, 0.15) is 15.9 Å². The molecule has 1 amide bonds. The lowest BCUT2D eigenvalue weighted by Crippen LogP contribution is -2.20. The maximum atomic E-state index is 14.5. The molecular formula is C28H20F2N4O2. The van der Waals surface area contributed by atoms with Gasteiger partial charge in [-0.25, -0.2) is 8.78 Å². The fraction of sp³-hybridized carbons (Fsp3) is 0.0714. The molecule has 0 aliphatic carbocycles. The lowest BCUT2D eigenvalue weighted by Gasteiger charge is -2.14. The summed E-state index contributed by atoms with van der Waals surface area (Å²) in [5.41, 5.74) is 2.96. The number of aryl methyl sites for hydroxylation is 2. The molecule has 0 bridgehead atoms. The number of pyridine rings is 1. The normalized spacial score (nSPS) is 11.0. The Morgan fingerprint density at radius 1 is 0.917 bits per heavy atom. The van der Waals surface area contributed by atoms with Crippen LogP contribution in [0.3, 0.4) is 0 Å². The number of nitrogens with zero attached hydrogens (tertiary/aromatic N) is 3. The minimum Gasteiger partial charge on any atom is -0.322 e. The molecule has 1 N–H and O–H groups in total. The molecule has 0 saturated carbocycles. The van der Waals surface area contributed by atoms with Crippen molar-refractivity contribution in [2.45, 2.75) is 6.92 Å². The third-order valence-corrected chi connectivity index (χ3v) is 6.03. The minimum atomic E-state index is -0.804. The van der Waals surface area contributed by atoms with Crippen molar-refractivity contribution in [3.05, 3.63) is 112 Å². The lowest BCUT2D eigenvalue weighted by atomic mass is 9.97. The second-order valence-corrected chi connectivity index (χ2v) is 8.39. The predicted octanol–water partition coefficient (Wildman–Crippen LogP) is 5.50. The Balaban J connectivity index is 1.63. The van der Waals surface area contributed by atoms with Crippen molar-refractivity contribution in [3.8, 4) is 22.4 Å². The van der Waals surface area contributed by atoms with Gasteiger partial charge < -0.3 is 9.88 Å². The van der Waals surface area contributed by atoms with Gasteiger partial charge in [-0.3, -0.25) is 9.59 Å². The van der Waals surface area contributed by atoms with Gasteiger partial charge in [0.15, 0.2) is 0 Å². The van der Waals surface area contributed by atoms with E-state index in [0.29, 0.717) is 33.3 Å². The van der Waals surface area contributed by atoms with Gasteiger partial charge in [0.05, 0.1) is 11.7 Å². The van der Waals surface area contributed by atoms with Gasteiger partial charge in [0.1, 0.15) is 17.3 Å². The van der Waals surface area contributed by atoms with Crippen LogP contribution in [-0.2, 0) is 7.05 Å². The first-order valence-electron chi connectivity index (χ1n) is 11.1. The van der Waals surface area contributed by atoms with Crippen molar-refractivity contribution in [1.29, 1.82) is 0 Å². The van der Waals surface area contributed by atoms with Gasteiger partial charge in [-0.15, -0.1) is 5.10 Å². The Morgan fingerprint density at radius 2 is 1.69 bits per heavy atom. The maximum Gasteiger partial charge on any atom is 0.258 e. The van der Waals surface area contributed by atoms with Crippen LogP contribution in [0.2, 0.25) is 0 Å². The molecule has 36 heavy (non-hydrogen) atoms. The highest BCUT2D eigenvalue weighted by Crippen LogP contribution is 2.30. The summed E-state index contributed by atoms with van der Waals surface area (Å²) >= 11 is 0. The number of aromatic nitrogens is 3. The summed E-state index contributed by atoms with van der Waals surface area (Å²) in [6, 6.07) is 19.0. The van der Waals surface area contributed by atoms with Crippen molar-refractivity contribution >= 4 is 22.5 Å². The minimum absolute atomic E-state index is 0.0352. The van der Waals surface area contributed by atoms with E-state index in [4.69, 9.17) is 0 Å². The number of amides is 1. The summed E-state index contributed by atoms with van der Waals surface area (Å²) in [4.78, 5) is 26.3. The van der Waals surface area contributed by atoms with Crippen molar-refractivity contribution in [3.63, 3.8) is 0 Å². The van der Waals surface area contributed by atoms with E-state index >= 15 is 0 Å². The number of halogens is 2. The van der Waals surface area contributed by atoms with Crippen LogP contribution in [-0.4, -0.2) is 20.7 Å². The molecule has 3 aromatic carbocycles. The molecule has 178 valence electrons. The summed E-state index contributed by atoms with van der Waals surface area (Å²) in [6.45, 7) is 1.85. The standard InChI is InChI=1S/C28H20F2N4O2/c1-16-8-9-17(27(35)32-20-6-4-3-5-7-20)12-22(16)23-13-18-15-31-33-25(26(18)34(2)28(23)36)21-11-10-19(29)14-24(21)30/h3-15H,1-2H3,(H,32,35). The summed E-state index contributed by atoms with van der Waals surface area (Å²) in [5, 5.41) is 11.4. The average molecular weight is 482 g/mol. The van der Waals surface area contributed by atoms with Gasteiger partial charge in [-0.05, 0) is 60.5 Å². The Hall–Kier alpha value is -4.72. The SMILES string of the molecule is Cc1ccc(C(=O)Nc2ccccc2)cc1-c1cc2cnnc(-c3ccc(F)cc3F)c2n(C)c1=O. The fourth-order valence-corrected chi connectivity index (χ4v) is 4.19. The molecule has 2 aromatic heterocycles. The van der Waals surface area contributed by atoms with E-state index in [9.17, 15) is 18.4 Å². The monoisotopic (exact) mass is 482 g/mol. The summed E-state index contributed by atoms with van der Waals surface area (Å²) in [7, 11) is 1.56. The van der Waals surface area contributed by atoms with Crippen molar-refractivity contribution in [2.24, 2.45) is 7.05 Å². The summed E-state index contributed by atoms with van der Waals surface area (Å²) < 4.78 is 29.4. The highest BCUT2D eigenvalue weighted by molar-refractivity contribution is 6.05. The number of fused-ring (bicyclic) bond motifs is 1. The number of hydrogen-bond acceptors (Lipinski definition) is 4. The first-order valence-corrected chi connectivity index (χ1v) is 11.1. The number of nitrogens with one attached hydrogen (secondary N) is 1. The zero-order valence-corrected chi connectivity index (χ0v) is 19.4. The summed E-state index contributed by atoms with van der Waals surface area (Å²) in [5.74, 6) is -1.83. The molecule has 0 aliphatic heterocycles. The number of carbonyl (C=O) groups excluding carboxylic acids is 1. The third-order valence-electron chi connectivity index (χ3n) is 6.03. The highest BCUT2D eigenvalue weighted by atomic mass is 19.1. The topological polar surface area (TPSA) is 76.9 Å². The number of carbonyl (C=O) groups is 1. The number of para-hydroxylation sites is 1. The third kappa shape index (κ3) is 4.13. The molecule has 0 unspecified atom stereocenters. The molecule has 0 spiro atoms. The molecule has 0 radical (unpaired) electrons. The van der Waals surface area contributed by atoms with E-state index in [1.807, 2.05) is 25.1 Å². The van der Waals surface area contributed by atoms with Gasteiger partial charge in [-0.2, -0.15) is 5.10 Å². The zero-order valence-electron chi connectivity index (χ0n) is 19.4. The van der Waals surface area contributed by atoms with Gasteiger partial charge in [0.2, 0.25) is 0 Å². The van der Waals surface area contributed by atoms with Crippen LogP contribution in [0.5, 0.6) is 0 Å². The van der Waals surface area contributed by atoms with Crippen molar-refractivity contribution in [1.82, 2.24) is 14.8 Å². The fourth-order valence-electron chi connectivity index (χ4n) is 4.19. The Morgan fingerprint density at radius 3 is 2.44 bits per heavy atom. The van der Waals surface area contributed by atoms with Crippen LogP contribution < -0.4 is 10.9 Å². The molecule has 6 nitrogen and oxygen atoms in total. The van der Waals surface area contributed by atoms with Crippen LogP contribution >= 0.6 is 0 Å². The van der Waals surface area contributed by atoms with Gasteiger partial charge in [0, 0.05) is 40.9 Å². The first kappa shape index (κ1) is 23.0. The predicted molar refractivity (Wildman–Crippen MR) is 135 cm³/mol. The highest BCUT2D eigenvalue weighted by Gasteiger charge is 2.19. The van der Waals surface area contributed by atoms with E-state index in [-0.39, 0.29) is 22.7 Å². The second-order valence-electron chi connectivity index (χ2n) is 8.39. The van der Waals surface area contributed by atoms with Gasteiger partial charge in [-0.1, -0.05) is 24.3 Å². The molecule has 0 atom stereocenters. The number of benzene rings is 3. The quantitative estimate of drug-likeness (QED) is 0.367. The van der Waals surface area contributed by atoms with Crippen molar-refractivity contribution < 1.29 is 13.6 Å². The molecule has 0 saturated heterocycles. The smallest absolute Gasteiger partial charge is 0.258 e. The van der Waals surface area contributed by atoms with Gasteiger partial charge in [0.25, 0.3) is 11.5 Å². The molecule has 0 aliphatic rings. The van der Waals surface area contributed by atoms with Crippen molar-refractivity contribution in [2.75, 3.05) is 5.32 Å². The zero-order chi connectivity index (χ0) is 25.4. The lowest BCUT2D eigenvalue weighted by molar-refractivity contribution is 0.102. The van der Waals surface area contributed by atoms with Gasteiger partial charge >= 0.3 is 0 Å². The first-order chi connectivity index (χ1) is 17.3. The van der Waals surface area contributed by atoms with Crippen LogP contribution in [0.15, 0.2) is 83.8 Å². The van der Waals surface area contributed by atoms with E-state index < -0.39 is 11.6 Å². The van der Waals surface area contributed by atoms with E-state index in [1.165, 1.54) is 16.8 Å². The Labute approximate surface area is 204 Å². The summed E-state index contributed by atoms with van der Waals surface area (Å²) in [6.07, 6.45) is 1.48. The van der Waals surface area contributed by atoms with Crippen LogP contribution in [0.4, 0.5) is 14.5 Å². The van der Waals surface area contributed by atoms with E-state index in [1.54, 1.807) is 43.4 Å². The molecular weight excluding hydrogens is 462 g/mol. The number of anilines is 1. The molecule has 8 heteroatoms. The van der Waals surface area contributed by atoms with Crippen LogP contribution in [0.25, 0.3) is 33.3 Å². The molecule has 5 rings (SSSR count). The largest absolute Gasteiger partial charge is 0.322 e. The van der Waals surface area contributed by atoms with E-state index in [0.717, 1.165) is 17.7 Å². The molecule has 2 heterocycles. The average Bonchev–Trinajstić information content (AvgIpc) is 2.87. The maximum absolute atomic E-state index is 14.5. The number of hydrogen-bond donors (Lipinski definition) is 1. The van der Waals surface area contributed by atoms with Crippen LogP contribution in [0, 0.1) is 18.6 Å². The van der Waals surface area contributed by atoms with E-state index in [2.05, 4.69) is 15.5 Å². The second kappa shape index (κ2) is 9.14. The molecule has 0 fully saturated rings. The Bertz CT molecular complexity index is 1700. The molecule has 5 aromatic rings. The Kier molecular flexibility index (Phi) is 5.85. The number of rotatable bonds is 4.